The Kier molecular flexibility index (Phi) is 5.18. The highest BCUT2D eigenvalue weighted by Crippen LogP contribution is 2.23. The Morgan fingerprint density at radius 3 is 2.61 bits per heavy atom. The Balaban J connectivity index is 1.62. The maximum Gasteiger partial charge on any atom is 0.222 e. The molecule has 164 valence electrons. The van der Waals surface area contributed by atoms with Gasteiger partial charge < -0.3 is 15.2 Å². The molecule has 0 unspecified atom stereocenters. The van der Waals surface area contributed by atoms with Crippen molar-refractivity contribution in [2.24, 2.45) is 0 Å². The number of amides is 1. The third-order valence-corrected chi connectivity index (χ3v) is 5.37. The van der Waals surface area contributed by atoms with E-state index < -0.39 is 0 Å². The fourth-order valence-corrected chi connectivity index (χ4v) is 3.91. The van der Waals surface area contributed by atoms with Gasteiger partial charge in [0.05, 0.1) is 45.0 Å². The number of carbonyl (C=O) groups is 1. The summed E-state index contributed by atoms with van der Waals surface area (Å²) in [5, 5.41) is 16.5. The molecule has 0 saturated carbocycles. The molecule has 0 spiro atoms. The highest BCUT2D eigenvalue weighted by atomic mass is 19.1. The van der Waals surface area contributed by atoms with E-state index in [1.807, 2.05) is 10.6 Å². The molecule has 1 aromatic heterocycles. The van der Waals surface area contributed by atoms with Crippen molar-refractivity contribution in [2.45, 2.75) is 19.8 Å². The van der Waals surface area contributed by atoms with E-state index in [4.69, 9.17) is 10.4 Å². The Labute approximate surface area is 188 Å². The number of halogens is 1. The molecule has 1 aliphatic heterocycles. The first-order valence-corrected chi connectivity index (χ1v) is 10.6. The predicted octanol–water partition coefficient (Wildman–Crippen LogP) is 3.05. The monoisotopic (exact) mass is 440 g/mol. The number of rotatable bonds is 4. The summed E-state index contributed by atoms with van der Waals surface area (Å²) < 4.78 is 15.6. The summed E-state index contributed by atoms with van der Waals surface area (Å²) in [4.78, 5) is 20.2. The molecule has 3 N–H and O–H groups in total. The average Bonchev–Trinajstić information content (AvgIpc) is 2.80. The number of benzene rings is 2. The number of nitrogens with zero attached hydrogens (tertiary/aromatic N) is 3. The molecular formula is C25H21FN6O. The van der Waals surface area contributed by atoms with Gasteiger partial charge in [0.2, 0.25) is 5.91 Å². The van der Waals surface area contributed by atoms with Crippen LogP contribution in [0, 0.1) is 11.2 Å². The van der Waals surface area contributed by atoms with E-state index in [0.717, 1.165) is 34.9 Å². The quantitative estimate of drug-likeness (QED) is 0.455. The lowest BCUT2D eigenvalue weighted by Crippen LogP contribution is -2.40. The van der Waals surface area contributed by atoms with E-state index in [0.29, 0.717) is 22.9 Å². The topological polar surface area (TPSA) is 95.7 Å². The lowest BCUT2D eigenvalue weighted by molar-refractivity contribution is -0.114. The average molecular weight is 440 g/mol. The maximum atomic E-state index is 13.6. The SMILES string of the molecule is CC(=O)Nc1ccc(Nc2cc3nc4c(n(-c5ccc(F)cc5)c-3cc2=N)=CCCC=4)cn1. The van der Waals surface area contributed by atoms with Gasteiger partial charge in [0, 0.05) is 12.6 Å². The highest BCUT2D eigenvalue weighted by molar-refractivity contribution is 5.87. The van der Waals surface area contributed by atoms with Crippen LogP contribution < -0.4 is 26.7 Å². The van der Waals surface area contributed by atoms with Gasteiger partial charge in [0.25, 0.3) is 0 Å². The summed E-state index contributed by atoms with van der Waals surface area (Å²) in [5.74, 6) is -0.0323. The lowest BCUT2D eigenvalue weighted by atomic mass is 10.1. The van der Waals surface area contributed by atoms with Crippen molar-refractivity contribution in [3.05, 3.63) is 76.6 Å². The van der Waals surface area contributed by atoms with Gasteiger partial charge in [0.15, 0.2) is 0 Å². The molecule has 8 heteroatoms. The van der Waals surface area contributed by atoms with Crippen molar-refractivity contribution in [3.8, 4) is 17.1 Å². The number of fused-ring (bicyclic) bond motifs is 2. The van der Waals surface area contributed by atoms with Crippen LogP contribution in [0.2, 0.25) is 0 Å². The minimum Gasteiger partial charge on any atom is -0.352 e. The van der Waals surface area contributed by atoms with E-state index in [9.17, 15) is 9.18 Å². The van der Waals surface area contributed by atoms with E-state index in [1.165, 1.54) is 19.1 Å². The molecule has 0 bridgehead atoms. The van der Waals surface area contributed by atoms with Crippen LogP contribution in [0.1, 0.15) is 19.8 Å². The molecule has 5 rings (SSSR count). The van der Waals surface area contributed by atoms with Crippen LogP contribution in [0.4, 0.5) is 21.6 Å². The smallest absolute Gasteiger partial charge is 0.222 e. The van der Waals surface area contributed by atoms with Gasteiger partial charge in [-0.15, -0.1) is 0 Å². The molecule has 0 saturated heterocycles. The third-order valence-electron chi connectivity index (χ3n) is 5.37. The predicted molar refractivity (Wildman–Crippen MR) is 125 cm³/mol. The minimum atomic E-state index is -0.298. The number of carbonyl (C=O) groups excluding carboxylic acids is 1. The Morgan fingerprint density at radius 2 is 1.88 bits per heavy atom. The molecule has 2 aromatic rings. The van der Waals surface area contributed by atoms with Crippen LogP contribution in [0.25, 0.3) is 29.2 Å². The second-order valence-corrected chi connectivity index (χ2v) is 7.80. The number of aromatic nitrogens is 3. The first-order valence-electron chi connectivity index (χ1n) is 10.6. The summed E-state index contributed by atoms with van der Waals surface area (Å²) in [5.41, 5.74) is 3.55. The van der Waals surface area contributed by atoms with Crippen LogP contribution in [0.15, 0.2) is 54.7 Å². The first-order chi connectivity index (χ1) is 16.0. The van der Waals surface area contributed by atoms with E-state index in [2.05, 4.69) is 27.8 Å². The number of hydrogen-bond donors (Lipinski definition) is 3. The highest BCUT2D eigenvalue weighted by Gasteiger charge is 2.16. The molecule has 33 heavy (non-hydrogen) atoms. The zero-order valence-corrected chi connectivity index (χ0v) is 17.9. The second-order valence-electron chi connectivity index (χ2n) is 7.80. The standard InChI is InChI=1S/C25H21FN6O/c1-15(33)29-25-11-8-17(14-28-25)30-21-13-22-24(12-19(21)27)32(18-9-6-16(26)7-10-18)23-5-3-2-4-20(23)31-22/h4-14,27,30H,2-3H2,1H3,(H,28,29,33). The molecule has 3 aliphatic rings. The molecule has 2 aliphatic carbocycles. The van der Waals surface area contributed by atoms with Crippen LogP contribution in [0.3, 0.4) is 0 Å². The van der Waals surface area contributed by atoms with Crippen molar-refractivity contribution >= 4 is 35.3 Å². The Bertz CT molecular complexity index is 1510. The van der Waals surface area contributed by atoms with Gasteiger partial charge in [-0.1, -0.05) is 12.2 Å². The van der Waals surface area contributed by atoms with Gasteiger partial charge in [-0.2, -0.15) is 0 Å². The molecule has 1 amide bonds. The van der Waals surface area contributed by atoms with E-state index in [1.54, 1.807) is 36.5 Å². The van der Waals surface area contributed by atoms with Crippen LogP contribution in [-0.4, -0.2) is 20.4 Å². The summed E-state index contributed by atoms with van der Waals surface area (Å²) in [6.45, 7) is 1.43. The van der Waals surface area contributed by atoms with Crippen molar-refractivity contribution < 1.29 is 9.18 Å². The van der Waals surface area contributed by atoms with Gasteiger partial charge in [-0.25, -0.2) is 14.4 Å². The summed E-state index contributed by atoms with van der Waals surface area (Å²) in [6, 6.07) is 13.4. The van der Waals surface area contributed by atoms with Gasteiger partial charge in [0.1, 0.15) is 11.6 Å². The number of nitrogens with one attached hydrogen (secondary N) is 3. The normalized spacial score (nSPS) is 12.4. The zero-order chi connectivity index (χ0) is 22.9. The fraction of sp³-hybridized carbons (Fsp3) is 0.120. The van der Waals surface area contributed by atoms with Gasteiger partial charge in [-0.3, -0.25) is 10.2 Å². The van der Waals surface area contributed by atoms with Crippen LogP contribution >= 0.6 is 0 Å². The molecule has 1 aromatic carbocycles. The van der Waals surface area contributed by atoms with Gasteiger partial charge in [-0.05, 0) is 61.4 Å². The minimum absolute atomic E-state index is 0.191. The molecule has 0 radical (unpaired) electrons. The number of hydrogen-bond acceptors (Lipinski definition) is 5. The summed E-state index contributed by atoms with van der Waals surface area (Å²) in [7, 11) is 0. The van der Waals surface area contributed by atoms with Crippen LogP contribution in [0.5, 0.6) is 0 Å². The van der Waals surface area contributed by atoms with Crippen molar-refractivity contribution in [1.82, 2.24) is 14.5 Å². The van der Waals surface area contributed by atoms with Gasteiger partial charge >= 0.3 is 0 Å². The maximum absolute atomic E-state index is 13.6. The van der Waals surface area contributed by atoms with Crippen molar-refractivity contribution in [3.63, 3.8) is 0 Å². The Morgan fingerprint density at radius 1 is 1.09 bits per heavy atom. The van der Waals surface area contributed by atoms with E-state index in [-0.39, 0.29) is 17.1 Å². The Hall–Kier alpha value is -4.33. The summed E-state index contributed by atoms with van der Waals surface area (Å²) in [6.07, 6.45) is 7.63. The third kappa shape index (κ3) is 4.10. The molecule has 0 fully saturated rings. The van der Waals surface area contributed by atoms with Crippen molar-refractivity contribution in [2.75, 3.05) is 10.6 Å². The zero-order valence-electron chi connectivity index (χ0n) is 17.9. The van der Waals surface area contributed by atoms with E-state index >= 15 is 0 Å². The molecule has 0 atom stereocenters. The first kappa shape index (κ1) is 20.6. The number of pyridine rings is 1. The molecule has 7 nitrogen and oxygen atoms in total. The number of anilines is 3. The largest absolute Gasteiger partial charge is 0.352 e. The lowest BCUT2D eigenvalue weighted by Gasteiger charge is -2.20. The summed E-state index contributed by atoms with van der Waals surface area (Å²) >= 11 is 0. The molecule has 2 heterocycles. The van der Waals surface area contributed by atoms with Crippen LogP contribution in [-0.2, 0) is 4.79 Å². The molecular weight excluding hydrogens is 419 g/mol. The van der Waals surface area contributed by atoms with Crippen molar-refractivity contribution in [1.29, 1.82) is 5.41 Å². The second kappa shape index (κ2) is 8.31. The fourth-order valence-electron chi connectivity index (χ4n) is 3.91.